The van der Waals surface area contributed by atoms with Gasteiger partial charge < -0.3 is 10.4 Å². The number of carbonyl (C=O) groups excluding carboxylic acids is 1. The maximum atomic E-state index is 12.1. The number of carbonyl (C=O) groups is 1. The van der Waals surface area contributed by atoms with Crippen molar-refractivity contribution >= 4 is 68.8 Å². The summed E-state index contributed by atoms with van der Waals surface area (Å²) in [6.45, 7) is 1.89. The predicted octanol–water partition coefficient (Wildman–Crippen LogP) is 4.85. The molecule has 0 atom stereocenters. The van der Waals surface area contributed by atoms with Crippen molar-refractivity contribution in [3.05, 3.63) is 61.0 Å². The molecular formula is C17H12ClIN2O2S. The van der Waals surface area contributed by atoms with E-state index in [-0.39, 0.29) is 11.7 Å². The number of thioether (sulfide) groups is 1. The summed E-state index contributed by atoms with van der Waals surface area (Å²) < 4.78 is 0.730. The average Bonchev–Trinajstić information content (AvgIpc) is 2.87. The van der Waals surface area contributed by atoms with Crippen LogP contribution in [0.25, 0.3) is 6.08 Å². The van der Waals surface area contributed by atoms with Gasteiger partial charge in [0, 0.05) is 5.02 Å². The lowest BCUT2D eigenvalue weighted by Gasteiger charge is -2.02. The quantitative estimate of drug-likeness (QED) is 0.487. The van der Waals surface area contributed by atoms with Crippen molar-refractivity contribution in [2.75, 3.05) is 0 Å². The monoisotopic (exact) mass is 470 g/mol. The molecule has 122 valence electrons. The van der Waals surface area contributed by atoms with E-state index in [1.54, 1.807) is 24.3 Å². The summed E-state index contributed by atoms with van der Waals surface area (Å²) in [5.41, 5.74) is 2.44. The number of rotatable bonds is 2. The molecule has 3 rings (SSSR count). The number of halogens is 2. The van der Waals surface area contributed by atoms with Crippen LogP contribution in [0.4, 0.5) is 5.69 Å². The fourth-order valence-electron chi connectivity index (χ4n) is 2.07. The molecule has 2 N–H and O–H groups in total. The molecule has 0 unspecified atom stereocenters. The number of aromatic hydroxyl groups is 1. The van der Waals surface area contributed by atoms with E-state index in [4.69, 9.17) is 11.6 Å². The van der Waals surface area contributed by atoms with Gasteiger partial charge >= 0.3 is 0 Å². The van der Waals surface area contributed by atoms with Gasteiger partial charge in [-0.05, 0) is 82.7 Å². The van der Waals surface area contributed by atoms with Crippen molar-refractivity contribution in [3.63, 3.8) is 0 Å². The van der Waals surface area contributed by atoms with E-state index in [0.717, 1.165) is 20.4 Å². The first-order valence-electron chi connectivity index (χ1n) is 6.97. The Labute approximate surface area is 162 Å². The fourth-order valence-corrected chi connectivity index (χ4v) is 3.62. The van der Waals surface area contributed by atoms with Crippen LogP contribution in [0.15, 0.2) is 46.3 Å². The fraction of sp³-hybridized carbons (Fsp3) is 0.0588. The Bertz CT molecular complexity index is 896. The van der Waals surface area contributed by atoms with Crippen molar-refractivity contribution in [1.29, 1.82) is 0 Å². The molecule has 1 amide bonds. The van der Waals surface area contributed by atoms with Gasteiger partial charge in [-0.2, -0.15) is 0 Å². The number of nitrogens with zero attached hydrogens (tertiary/aromatic N) is 1. The third-order valence-corrected chi connectivity index (χ3v) is 5.56. The van der Waals surface area contributed by atoms with Crippen molar-refractivity contribution in [2.45, 2.75) is 6.92 Å². The zero-order valence-corrected chi connectivity index (χ0v) is 16.2. The molecule has 0 saturated carbocycles. The highest BCUT2D eigenvalue weighted by molar-refractivity contribution is 14.1. The van der Waals surface area contributed by atoms with E-state index >= 15 is 0 Å². The summed E-state index contributed by atoms with van der Waals surface area (Å²) in [4.78, 5) is 17.1. The number of phenols is 1. The summed E-state index contributed by atoms with van der Waals surface area (Å²) in [6, 6.07) is 10.7. The maximum Gasteiger partial charge on any atom is 0.264 e. The van der Waals surface area contributed by atoms with E-state index < -0.39 is 0 Å². The summed E-state index contributed by atoms with van der Waals surface area (Å²) in [5.74, 6) is 0.0291. The van der Waals surface area contributed by atoms with Crippen LogP contribution in [0.1, 0.15) is 11.1 Å². The van der Waals surface area contributed by atoms with Crippen LogP contribution in [0, 0.1) is 10.5 Å². The highest BCUT2D eigenvalue weighted by Crippen LogP contribution is 2.31. The Morgan fingerprint density at radius 3 is 2.88 bits per heavy atom. The smallest absolute Gasteiger partial charge is 0.264 e. The van der Waals surface area contributed by atoms with Crippen LogP contribution in [-0.4, -0.2) is 16.2 Å². The second-order valence-corrected chi connectivity index (χ2v) is 7.68. The lowest BCUT2D eigenvalue weighted by molar-refractivity contribution is -0.115. The van der Waals surface area contributed by atoms with Gasteiger partial charge in [-0.3, -0.25) is 4.79 Å². The van der Waals surface area contributed by atoms with Gasteiger partial charge in [0.05, 0.1) is 14.2 Å². The van der Waals surface area contributed by atoms with E-state index in [1.165, 1.54) is 11.8 Å². The van der Waals surface area contributed by atoms with Crippen LogP contribution < -0.4 is 5.32 Å². The number of phenolic OH excluding ortho intramolecular Hbond substituents is 1. The number of amidine groups is 1. The molecule has 0 radical (unpaired) electrons. The normalized spacial score (nSPS) is 17.5. The molecule has 0 aliphatic carbocycles. The molecule has 1 saturated heterocycles. The molecule has 24 heavy (non-hydrogen) atoms. The topological polar surface area (TPSA) is 61.7 Å². The lowest BCUT2D eigenvalue weighted by Crippen LogP contribution is -2.19. The molecule has 1 fully saturated rings. The molecule has 1 aliphatic rings. The molecule has 0 spiro atoms. The van der Waals surface area contributed by atoms with Crippen molar-refractivity contribution in [2.24, 2.45) is 4.99 Å². The summed E-state index contributed by atoms with van der Waals surface area (Å²) in [5, 5.41) is 13.5. The summed E-state index contributed by atoms with van der Waals surface area (Å²) in [7, 11) is 0. The molecule has 1 heterocycles. The Balaban J connectivity index is 1.88. The first kappa shape index (κ1) is 17.3. The molecular weight excluding hydrogens is 459 g/mol. The SMILES string of the molecule is Cc1c(Cl)cccc1N=C1NC(=O)/C(=C/c2ccc(O)c(I)c2)S1. The van der Waals surface area contributed by atoms with Gasteiger partial charge in [-0.25, -0.2) is 4.99 Å². The molecule has 7 heteroatoms. The van der Waals surface area contributed by atoms with Crippen molar-refractivity contribution in [1.82, 2.24) is 5.32 Å². The van der Waals surface area contributed by atoms with Gasteiger partial charge in [0.15, 0.2) is 5.17 Å². The van der Waals surface area contributed by atoms with Crippen LogP contribution in [0.3, 0.4) is 0 Å². The molecule has 4 nitrogen and oxygen atoms in total. The Kier molecular flexibility index (Phi) is 5.17. The highest BCUT2D eigenvalue weighted by atomic mass is 127. The first-order valence-corrected chi connectivity index (χ1v) is 9.24. The number of nitrogens with one attached hydrogen (secondary N) is 1. The minimum atomic E-state index is -0.193. The van der Waals surface area contributed by atoms with Gasteiger partial charge in [-0.1, -0.05) is 23.7 Å². The van der Waals surface area contributed by atoms with E-state index in [1.807, 2.05) is 47.7 Å². The molecule has 0 bridgehead atoms. The zero-order valence-electron chi connectivity index (χ0n) is 12.5. The first-order chi connectivity index (χ1) is 11.4. The predicted molar refractivity (Wildman–Crippen MR) is 108 cm³/mol. The molecule has 2 aromatic carbocycles. The van der Waals surface area contributed by atoms with Gasteiger partial charge in [0.2, 0.25) is 0 Å². The summed E-state index contributed by atoms with van der Waals surface area (Å²) >= 11 is 9.42. The Hall–Kier alpha value is -1.51. The van der Waals surface area contributed by atoms with Crippen LogP contribution >= 0.6 is 46.0 Å². The van der Waals surface area contributed by atoms with Gasteiger partial charge in [0.25, 0.3) is 5.91 Å². The lowest BCUT2D eigenvalue weighted by atomic mass is 10.2. The molecule has 1 aliphatic heterocycles. The minimum Gasteiger partial charge on any atom is -0.507 e. The summed E-state index contributed by atoms with van der Waals surface area (Å²) in [6.07, 6.45) is 1.77. The number of amides is 1. The van der Waals surface area contributed by atoms with Crippen molar-refractivity contribution in [3.8, 4) is 5.75 Å². The van der Waals surface area contributed by atoms with E-state index in [0.29, 0.717) is 15.1 Å². The Morgan fingerprint density at radius 2 is 2.12 bits per heavy atom. The van der Waals surface area contributed by atoms with Crippen LogP contribution in [0.2, 0.25) is 5.02 Å². The third-order valence-electron chi connectivity index (χ3n) is 3.38. The number of hydrogen-bond donors (Lipinski definition) is 2. The standard InChI is InChI=1S/C17H12ClIN2O2S/c1-9-11(18)3-2-4-13(9)20-17-21-16(23)15(24-17)8-10-5-6-14(22)12(19)7-10/h2-8,22H,1H3,(H,20,21,23)/b15-8-. The molecule has 0 aromatic heterocycles. The number of benzene rings is 2. The Morgan fingerprint density at radius 1 is 1.33 bits per heavy atom. The van der Waals surface area contributed by atoms with E-state index in [9.17, 15) is 9.90 Å². The highest BCUT2D eigenvalue weighted by Gasteiger charge is 2.24. The third kappa shape index (κ3) is 3.76. The largest absolute Gasteiger partial charge is 0.507 e. The molecule has 2 aromatic rings. The van der Waals surface area contributed by atoms with Crippen LogP contribution in [-0.2, 0) is 4.79 Å². The van der Waals surface area contributed by atoms with Gasteiger partial charge in [0.1, 0.15) is 5.75 Å². The number of hydrogen-bond acceptors (Lipinski definition) is 4. The zero-order chi connectivity index (χ0) is 17.3. The minimum absolute atomic E-state index is 0.193. The van der Waals surface area contributed by atoms with Gasteiger partial charge in [-0.15, -0.1) is 0 Å². The average molecular weight is 471 g/mol. The second-order valence-electron chi connectivity index (χ2n) is 5.08. The maximum absolute atomic E-state index is 12.1. The second kappa shape index (κ2) is 7.16. The number of aliphatic imine (C=N–C) groups is 1. The van der Waals surface area contributed by atoms with Crippen molar-refractivity contribution < 1.29 is 9.90 Å². The van der Waals surface area contributed by atoms with E-state index in [2.05, 4.69) is 10.3 Å². The van der Waals surface area contributed by atoms with Crippen LogP contribution in [0.5, 0.6) is 5.75 Å².